The largest absolute Gasteiger partial charge is 0.422 e. The Labute approximate surface area is 157 Å². The van der Waals surface area contributed by atoms with E-state index in [0.29, 0.717) is 11.5 Å². The topological polar surface area (TPSA) is 76.9 Å². The van der Waals surface area contributed by atoms with Crippen LogP contribution < -0.4 is 10.5 Å². The van der Waals surface area contributed by atoms with Crippen LogP contribution in [0.25, 0.3) is 5.69 Å². The maximum absolute atomic E-state index is 9.61. The normalized spacial score (nSPS) is 16.3. The molecule has 2 aromatic heterocycles. The second-order valence-electron chi connectivity index (χ2n) is 5.63. The van der Waals surface area contributed by atoms with Gasteiger partial charge in [-0.05, 0) is 42.6 Å². The van der Waals surface area contributed by atoms with Crippen LogP contribution in [0, 0.1) is 18.3 Å². The molecule has 0 spiro atoms. The summed E-state index contributed by atoms with van der Waals surface area (Å²) < 4.78 is 8.55. The van der Waals surface area contributed by atoms with Crippen molar-refractivity contribution in [2.75, 3.05) is 0 Å². The molecule has 1 aromatic carbocycles. The third kappa shape index (κ3) is 2.54. The molecular weight excluding hydrogens is 400 g/mol. The smallest absolute Gasteiger partial charge is 0.229 e. The van der Waals surface area contributed by atoms with E-state index in [0.717, 1.165) is 26.3 Å². The van der Waals surface area contributed by atoms with Gasteiger partial charge in [0.2, 0.25) is 11.8 Å². The fourth-order valence-electron chi connectivity index (χ4n) is 3.01. The molecule has 4 rings (SSSR count). The Kier molecular flexibility index (Phi) is 3.86. The molecule has 0 bridgehead atoms. The number of nitrogens with zero attached hydrogens (tertiary/aromatic N) is 3. The number of rotatable bonds is 2. The van der Waals surface area contributed by atoms with E-state index in [-0.39, 0.29) is 11.8 Å². The Hall–Kier alpha value is -2.56. The summed E-state index contributed by atoms with van der Waals surface area (Å²) in [5, 5.41) is 16.2. The first kappa shape index (κ1) is 15.9. The van der Waals surface area contributed by atoms with E-state index in [1.165, 1.54) is 0 Å². The summed E-state index contributed by atoms with van der Waals surface area (Å²) in [6.07, 6.45) is 0. The maximum atomic E-state index is 9.61. The van der Waals surface area contributed by atoms with Crippen molar-refractivity contribution >= 4 is 27.3 Å². The summed E-state index contributed by atoms with van der Waals surface area (Å²) in [6, 6.07) is 14.0. The van der Waals surface area contributed by atoms with Gasteiger partial charge in [0.25, 0.3) is 0 Å². The van der Waals surface area contributed by atoms with E-state index in [9.17, 15) is 5.26 Å². The first-order valence-corrected chi connectivity index (χ1v) is 9.24. The lowest BCUT2D eigenvalue weighted by Gasteiger charge is -2.23. The number of halogens is 1. The number of hydrogen-bond donors (Lipinski definition) is 1. The Morgan fingerprint density at radius 1 is 1.32 bits per heavy atom. The molecule has 0 radical (unpaired) electrons. The molecule has 0 aliphatic carbocycles. The summed E-state index contributed by atoms with van der Waals surface area (Å²) in [7, 11) is 0. The predicted molar refractivity (Wildman–Crippen MR) is 99.6 cm³/mol. The van der Waals surface area contributed by atoms with Crippen molar-refractivity contribution in [1.29, 1.82) is 5.26 Å². The average molecular weight is 413 g/mol. The van der Waals surface area contributed by atoms with Gasteiger partial charge in [-0.3, -0.25) is 0 Å². The maximum Gasteiger partial charge on any atom is 0.229 e. The number of ether oxygens (including phenoxy) is 1. The van der Waals surface area contributed by atoms with Gasteiger partial charge in [-0.1, -0.05) is 22.0 Å². The molecule has 0 fully saturated rings. The number of hydrogen-bond acceptors (Lipinski definition) is 5. The molecule has 124 valence electrons. The van der Waals surface area contributed by atoms with Crippen LogP contribution in [0.3, 0.4) is 0 Å². The molecule has 3 aromatic rings. The SMILES string of the molecule is Cc1nn(-c2ccc(Br)cc2)c2c1[C@H](c1cccs1)C(C#N)=C(N)O2. The van der Waals surface area contributed by atoms with Crippen molar-refractivity contribution in [3.05, 3.63) is 73.8 Å². The number of fused-ring (bicyclic) bond motifs is 1. The standard InChI is InChI=1S/C18H13BrN4OS/c1-10-15-16(14-3-2-8-25-14)13(9-20)17(21)24-18(15)23(22-10)12-6-4-11(19)5-7-12/h2-8,16H,21H2,1H3/t16-/m0/s1. The number of thiophene rings is 1. The highest BCUT2D eigenvalue weighted by molar-refractivity contribution is 9.10. The van der Waals surface area contributed by atoms with E-state index in [1.807, 2.05) is 48.7 Å². The minimum atomic E-state index is -0.252. The number of nitriles is 1. The lowest BCUT2D eigenvalue weighted by atomic mass is 9.89. The van der Waals surface area contributed by atoms with Gasteiger partial charge in [0.05, 0.1) is 22.9 Å². The number of benzene rings is 1. The van der Waals surface area contributed by atoms with E-state index in [4.69, 9.17) is 10.5 Å². The van der Waals surface area contributed by atoms with Crippen LogP contribution in [0.1, 0.15) is 22.1 Å². The number of aromatic nitrogens is 2. The molecule has 1 aliphatic rings. The zero-order valence-electron chi connectivity index (χ0n) is 13.2. The summed E-state index contributed by atoms with van der Waals surface area (Å²) >= 11 is 5.03. The van der Waals surface area contributed by atoms with Gasteiger partial charge in [-0.2, -0.15) is 10.4 Å². The van der Waals surface area contributed by atoms with Gasteiger partial charge < -0.3 is 10.5 Å². The number of aryl methyl sites for hydroxylation is 1. The molecular formula is C18H13BrN4OS. The Bertz CT molecular complexity index is 1010. The quantitative estimate of drug-likeness (QED) is 0.683. The van der Waals surface area contributed by atoms with Crippen LogP contribution >= 0.6 is 27.3 Å². The summed E-state index contributed by atoms with van der Waals surface area (Å²) in [5.41, 5.74) is 9.06. The summed E-state index contributed by atoms with van der Waals surface area (Å²) in [6.45, 7) is 1.93. The molecule has 0 saturated carbocycles. The van der Waals surface area contributed by atoms with Gasteiger partial charge in [0.1, 0.15) is 11.6 Å². The zero-order valence-corrected chi connectivity index (χ0v) is 15.6. The molecule has 2 N–H and O–H groups in total. The van der Waals surface area contributed by atoms with E-state index < -0.39 is 0 Å². The second kappa shape index (κ2) is 6.06. The first-order valence-electron chi connectivity index (χ1n) is 7.56. The molecule has 1 aliphatic heterocycles. The lowest BCUT2D eigenvalue weighted by molar-refractivity contribution is 0.367. The summed E-state index contributed by atoms with van der Waals surface area (Å²) in [5.74, 6) is 0.444. The zero-order chi connectivity index (χ0) is 17.6. The van der Waals surface area contributed by atoms with Crippen LogP contribution in [0.2, 0.25) is 0 Å². The molecule has 25 heavy (non-hydrogen) atoms. The molecule has 0 amide bonds. The van der Waals surface area contributed by atoms with E-state index in [2.05, 4.69) is 27.1 Å². The van der Waals surface area contributed by atoms with Crippen LogP contribution in [-0.2, 0) is 0 Å². The van der Waals surface area contributed by atoms with Gasteiger partial charge >= 0.3 is 0 Å². The Balaban J connectivity index is 1.94. The third-order valence-electron chi connectivity index (χ3n) is 4.13. The summed E-state index contributed by atoms with van der Waals surface area (Å²) in [4.78, 5) is 1.04. The monoisotopic (exact) mass is 412 g/mol. The van der Waals surface area contributed by atoms with Crippen molar-refractivity contribution in [2.45, 2.75) is 12.8 Å². The van der Waals surface area contributed by atoms with Gasteiger partial charge in [-0.25, -0.2) is 4.68 Å². The van der Waals surface area contributed by atoms with E-state index >= 15 is 0 Å². The molecule has 7 heteroatoms. The van der Waals surface area contributed by atoms with Crippen molar-refractivity contribution in [2.24, 2.45) is 5.73 Å². The molecule has 0 unspecified atom stereocenters. The van der Waals surface area contributed by atoms with Crippen molar-refractivity contribution in [3.8, 4) is 17.6 Å². The van der Waals surface area contributed by atoms with E-state index in [1.54, 1.807) is 16.0 Å². The van der Waals surface area contributed by atoms with Crippen molar-refractivity contribution < 1.29 is 4.74 Å². The van der Waals surface area contributed by atoms with Crippen LogP contribution in [0.15, 0.2) is 57.7 Å². The van der Waals surface area contributed by atoms with Gasteiger partial charge in [0, 0.05) is 9.35 Å². The molecule has 0 saturated heterocycles. The highest BCUT2D eigenvalue weighted by Gasteiger charge is 2.36. The predicted octanol–water partition coefficient (Wildman–Crippen LogP) is 4.22. The third-order valence-corrected chi connectivity index (χ3v) is 5.60. The minimum absolute atomic E-state index is 0.131. The number of nitrogens with two attached hydrogens (primary N) is 1. The first-order chi connectivity index (χ1) is 12.1. The Morgan fingerprint density at radius 2 is 2.08 bits per heavy atom. The molecule has 1 atom stereocenters. The highest BCUT2D eigenvalue weighted by atomic mass is 79.9. The van der Waals surface area contributed by atoms with Crippen molar-refractivity contribution in [3.63, 3.8) is 0 Å². The fourth-order valence-corrected chi connectivity index (χ4v) is 4.12. The Morgan fingerprint density at radius 3 is 2.72 bits per heavy atom. The lowest BCUT2D eigenvalue weighted by Crippen LogP contribution is -2.21. The van der Waals surface area contributed by atoms with Crippen molar-refractivity contribution in [1.82, 2.24) is 9.78 Å². The highest BCUT2D eigenvalue weighted by Crippen LogP contribution is 2.45. The van der Waals surface area contributed by atoms with Crippen LogP contribution in [-0.4, -0.2) is 9.78 Å². The number of allylic oxidation sites excluding steroid dienone is 1. The van der Waals surface area contributed by atoms with Gasteiger partial charge in [0.15, 0.2) is 0 Å². The van der Waals surface area contributed by atoms with Crippen LogP contribution in [0.5, 0.6) is 5.88 Å². The fraction of sp³-hybridized carbons (Fsp3) is 0.111. The second-order valence-corrected chi connectivity index (χ2v) is 7.53. The minimum Gasteiger partial charge on any atom is -0.422 e. The van der Waals surface area contributed by atoms with Gasteiger partial charge in [-0.15, -0.1) is 11.3 Å². The average Bonchev–Trinajstić information content (AvgIpc) is 3.23. The van der Waals surface area contributed by atoms with Crippen LogP contribution in [0.4, 0.5) is 0 Å². The molecule has 3 heterocycles. The molecule has 5 nitrogen and oxygen atoms in total.